The molecule has 1 heterocycles. The van der Waals surface area contributed by atoms with Crippen molar-refractivity contribution >= 4 is 22.7 Å². The number of aromatic carboxylic acids is 1. The summed E-state index contributed by atoms with van der Waals surface area (Å²) in [6.45, 7) is 2.05. The maximum absolute atomic E-state index is 11.4. The second-order valence-corrected chi connectivity index (χ2v) is 5.45. The number of rotatable bonds is 5. The number of carbonyl (C=O) groups is 1. The number of hydrazine groups is 1. The maximum Gasteiger partial charge on any atom is 0.337 e. The molecule has 6 heteroatoms. The maximum atomic E-state index is 11.4. The largest absolute Gasteiger partial charge is 0.478 e. The van der Waals surface area contributed by atoms with Gasteiger partial charge in [0.25, 0.3) is 0 Å². The number of para-hydroxylation sites is 1. The molecule has 3 N–H and O–H groups in total. The number of fused-ring (bicyclic) bond motifs is 1. The summed E-state index contributed by atoms with van der Waals surface area (Å²) in [5.74, 6) is 5.86. The van der Waals surface area contributed by atoms with Gasteiger partial charge in [0, 0.05) is 5.39 Å². The average Bonchev–Trinajstić information content (AvgIpc) is 2.62. The van der Waals surface area contributed by atoms with Crippen molar-refractivity contribution in [2.75, 3.05) is 5.01 Å². The van der Waals surface area contributed by atoms with Gasteiger partial charge in [-0.3, -0.25) is 5.01 Å². The first-order valence-electron chi connectivity index (χ1n) is 7.69. The number of nitrogens with two attached hydrogens (primary N) is 1. The average molecular weight is 322 g/mol. The molecule has 0 amide bonds. The summed E-state index contributed by atoms with van der Waals surface area (Å²) >= 11 is 0. The number of carboxylic acids is 1. The molecule has 0 aliphatic carbocycles. The quantitative estimate of drug-likeness (QED) is 0.554. The molecule has 0 saturated heterocycles. The minimum Gasteiger partial charge on any atom is -0.478 e. The Morgan fingerprint density at radius 3 is 2.58 bits per heavy atom. The van der Waals surface area contributed by atoms with E-state index in [-0.39, 0.29) is 11.6 Å². The van der Waals surface area contributed by atoms with Crippen LogP contribution in [0.25, 0.3) is 10.9 Å². The molecule has 6 nitrogen and oxygen atoms in total. The Morgan fingerprint density at radius 1 is 1.17 bits per heavy atom. The Morgan fingerprint density at radius 2 is 1.92 bits per heavy atom. The Bertz CT molecular complexity index is 867. The monoisotopic (exact) mass is 322 g/mol. The zero-order chi connectivity index (χ0) is 17.1. The van der Waals surface area contributed by atoms with Crippen LogP contribution >= 0.6 is 0 Å². The Labute approximate surface area is 139 Å². The van der Waals surface area contributed by atoms with Crippen molar-refractivity contribution in [1.29, 1.82) is 0 Å². The fourth-order valence-corrected chi connectivity index (χ4v) is 2.87. The molecule has 0 aliphatic heterocycles. The van der Waals surface area contributed by atoms with E-state index >= 15 is 0 Å². The first-order valence-corrected chi connectivity index (χ1v) is 7.69. The van der Waals surface area contributed by atoms with Crippen LogP contribution in [-0.4, -0.2) is 21.0 Å². The molecule has 1 aromatic heterocycles. The molecule has 0 spiro atoms. The van der Waals surface area contributed by atoms with E-state index in [9.17, 15) is 9.90 Å². The third-order valence-corrected chi connectivity index (χ3v) is 4.03. The highest BCUT2D eigenvalue weighted by molar-refractivity contribution is 6.04. The van der Waals surface area contributed by atoms with Crippen molar-refractivity contribution in [3.8, 4) is 0 Å². The van der Waals surface area contributed by atoms with Gasteiger partial charge in [-0.1, -0.05) is 43.3 Å². The second kappa shape index (κ2) is 6.64. The number of nitrogens with zero attached hydrogens (tertiary/aromatic N) is 3. The molecule has 0 fully saturated rings. The second-order valence-electron chi connectivity index (χ2n) is 5.45. The van der Waals surface area contributed by atoms with Crippen LogP contribution in [0.2, 0.25) is 0 Å². The Hall–Kier alpha value is -2.99. The van der Waals surface area contributed by atoms with Crippen molar-refractivity contribution in [3.63, 3.8) is 0 Å². The number of aromatic nitrogens is 2. The molecule has 24 heavy (non-hydrogen) atoms. The highest BCUT2D eigenvalue weighted by Gasteiger charge is 2.21. The number of hydrogen-bond donors (Lipinski definition) is 2. The smallest absolute Gasteiger partial charge is 0.337 e. The Kier molecular flexibility index (Phi) is 4.39. The van der Waals surface area contributed by atoms with Crippen molar-refractivity contribution in [1.82, 2.24) is 9.97 Å². The van der Waals surface area contributed by atoms with E-state index in [0.717, 1.165) is 12.0 Å². The molecule has 0 aliphatic rings. The van der Waals surface area contributed by atoms with E-state index in [1.54, 1.807) is 17.1 Å². The molecule has 3 rings (SSSR count). The lowest BCUT2D eigenvalue weighted by Crippen LogP contribution is -2.36. The van der Waals surface area contributed by atoms with Crippen molar-refractivity contribution < 1.29 is 9.90 Å². The van der Waals surface area contributed by atoms with Gasteiger partial charge in [0.1, 0.15) is 6.33 Å². The molecule has 0 radical (unpaired) electrons. The van der Waals surface area contributed by atoms with E-state index in [1.807, 2.05) is 37.3 Å². The fraction of sp³-hybridized carbons (Fsp3) is 0.167. The lowest BCUT2D eigenvalue weighted by atomic mass is 10.0. The molecule has 122 valence electrons. The SMILES string of the molecule is CC[C@@H](c1ccccc1)N(N)c1ncnc2c(C(=O)O)cccc12. The van der Waals surface area contributed by atoms with Crippen LogP contribution in [0.3, 0.4) is 0 Å². The normalized spacial score (nSPS) is 12.1. The molecule has 3 aromatic rings. The van der Waals surface area contributed by atoms with Crippen LogP contribution in [0, 0.1) is 0 Å². The lowest BCUT2D eigenvalue weighted by Gasteiger charge is -2.28. The van der Waals surface area contributed by atoms with Gasteiger partial charge in [-0.25, -0.2) is 20.6 Å². The number of carboxylic acid groups (broad SMARTS) is 1. The minimum absolute atomic E-state index is 0.0715. The molecule has 0 saturated carbocycles. The van der Waals surface area contributed by atoms with Gasteiger partial charge in [0.15, 0.2) is 5.82 Å². The van der Waals surface area contributed by atoms with Crippen LogP contribution < -0.4 is 10.9 Å². The standard InChI is InChI=1S/C18H18N4O2/c1-2-15(12-7-4-3-5-8-12)22(19)17-13-9-6-10-14(18(23)24)16(13)20-11-21-17/h3-11,15H,2,19H2,1H3,(H,23,24)/t15-/m0/s1. The van der Waals surface area contributed by atoms with E-state index < -0.39 is 5.97 Å². The Balaban J connectivity index is 2.11. The van der Waals surface area contributed by atoms with Crippen LogP contribution in [0.1, 0.15) is 35.3 Å². The molecular weight excluding hydrogens is 304 g/mol. The number of hydrogen-bond acceptors (Lipinski definition) is 5. The van der Waals surface area contributed by atoms with Crippen LogP contribution in [0.4, 0.5) is 5.82 Å². The number of benzene rings is 2. The third kappa shape index (κ3) is 2.79. The highest BCUT2D eigenvalue weighted by atomic mass is 16.4. The third-order valence-electron chi connectivity index (χ3n) is 4.03. The molecule has 1 atom stereocenters. The van der Waals surface area contributed by atoms with E-state index in [2.05, 4.69) is 9.97 Å². The van der Waals surface area contributed by atoms with Crippen LogP contribution in [0.5, 0.6) is 0 Å². The first kappa shape index (κ1) is 15.9. The summed E-state index contributed by atoms with van der Waals surface area (Å²) in [5, 5.41) is 11.5. The van der Waals surface area contributed by atoms with E-state index in [1.165, 1.54) is 12.4 Å². The fourth-order valence-electron chi connectivity index (χ4n) is 2.87. The van der Waals surface area contributed by atoms with Gasteiger partial charge in [-0.05, 0) is 24.1 Å². The summed E-state index contributed by atoms with van der Waals surface area (Å²) in [6, 6.07) is 14.8. The topological polar surface area (TPSA) is 92.3 Å². The molecule has 0 bridgehead atoms. The molecule has 0 unspecified atom stereocenters. The van der Waals surface area contributed by atoms with Gasteiger partial charge in [0.05, 0.1) is 17.1 Å². The van der Waals surface area contributed by atoms with Gasteiger partial charge >= 0.3 is 5.97 Å². The summed E-state index contributed by atoms with van der Waals surface area (Å²) in [4.78, 5) is 19.8. The summed E-state index contributed by atoms with van der Waals surface area (Å²) in [5.41, 5.74) is 1.59. The van der Waals surface area contributed by atoms with Crippen molar-refractivity contribution in [3.05, 3.63) is 66.0 Å². The predicted octanol–water partition coefficient (Wildman–Crippen LogP) is 3.16. The van der Waals surface area contributed by atoms with E-state index in [4.69, 9.17) is 5.84 Å². The van der Waals surface area contributed by atoms with Crippen LogP contribution in [0.15, 0.2) is 54.9 Å². The minimum atomic E-state index is -1.02. The first-order chi connectivity index (χ1) is 11.6. The number of anilines is 1. The summed E-state index contributed by atoms with van der Waals surface area (Å²) in [7, 11) is 0. The van der Waals surface area contributed by atoms with Gasteiger partial charge in [-0.2, -0.15) is 0 Å². The van der Waals surface area contributed by atoms with Gasteiger partial charge < -0.3 is 5.11 Å². The highest BCUT2D eigenvalue weighted by Crippen LogP contribution is 2.30. The zero-order valence-corrected chi connectivity index (χ0v) is 13.3. The summed E-state index contributed by atoms with van der Waals surface area (Å²) < 4.78 is 0. The van der Waals surface area contributed by atoms with Gasteiger partial charge in [0.2, 0.25) is 0 Å². The van der Waals surface area contributed by atoms with Gasteiger partial charge in [-0.15, -0.1) is 0 Å². The molecular formula is C18H18N4O2. The van der Waals surface area contributed by atoms with Crippen LogP contribution in [-0.2, 0) is 0 Å². The van der Waals surface area contributed by atoms with Crippen molar-refractivity contribution in [2.45, 2.75) is 19.4 Å². The zero-order valence-electron chi connectivity index (χ0n) is 13.3. The van der Waals surface area contributed by atoms with E-state index in [0.29, 0.717) is 16.7 Å². The van der Waals surface area contributed by atoms with Crippen molar-refractivity contribution in [2.24, 2.45) is 5.84 Å². The predicted molar refractivity (Wildman–Crippen MR) is 92.6 cm³/mol. The molecule has 2 aromatic carbocycles. The lowest BCUT2D eigenvalue weighted by molar-refractivity contribution is 0.0699. The summed E-state index contributed by atoms with van der Waals surface area (Å²) in [6.07, 6.45) is 2.13.